The highest BCUT2D eigenvalue weighted by Gasteiger charge is 2.23. The Morgan fingerprint density at radius 1 is 0.846 bits per heavy atom. The van der Waals surface area contributed by atoms with Crippen molar-refractivity contribution in [3.05, 3.63) is 52.7 Å². The minimum atomic E-state index is -0.338. The average Bonchev–Trinajstić information content (AvgIpc) is 3.15. The number of nitrogens with zero attached hydrogens (tertiary/aromatic N) is 1. The summed E-state index contributed by atoms with van der Waals surface area (Å²) in [5.74, 6) is 1.38. The van der Waals surface area contributed by atoms with E-state index in [1.54, 1.807) is 0 Å². The van der Waals surface area contributed by atoms with Crippen molar-refractivity contribution in [2.75, 3.05) is 13.2 Å². The molecule has 1 aromatic carbocycles. The van der Waals surface area contributed by atoms with Crippen molar-refractivity contribution in [1.29, 1.82) is 0 Å². The second-order valence-electron chi connectivity index (χ2n) is 8.06. The quantitative estimate of drug-likeness (QED) is 0.644. The summed E-state index contributed by atoms with van der Waals surface area (Å²) in [6.07, 6.45) is -0.338. The van der Waals surface area contributed by atoms with E-state index in [2.05, 4.69) is 65.8 Å². The highest BCUT2D eigenvalue weighted by Crippen LogP contribution is 2.38. The van der Waals surface area contributed by atoms with E-state index in [1.165, 1.54) is 22.3 Å². The van der Waals surface area contributed by atoms with Crippen molar-refractivity contribution in [3.63, 3.8) is 0 Å². The topological polar surface area (TPSA) is 31.4 Å². The van der Waals surface area contributed by atoms with E-state index in [1.807, 2.05) is 6.07 Å². The van der Waals surface area contributed by atoms with Gasteiger partial charge in [0.1, 0.15) is 0 Å². The largest absolute Gasteiger partial charge is 0.345 e. The van der Waals surface area contributed by atoms with Crippen molar-refractivity contribution in [2.45, 2.75) is 65.6 Å². The van der Waals surface area contributed by atoms with Crippen LogP contribution in [0.25, 0.3) is 11.3 Å². The summed E-state index contributed by atoms with van der Waals surface area (Å²) in [5.41, 5.74) is 7.30. The molecule has 0 atom stereocenters. The Hall–Kier alpha value is -1.71. The van der Waals surface area contributed by atoms with Gasteiger partial charge in [0.05, 0.1) is 24.6 Å². The molecule has 0 saturated carbocycles. The fourth-order valence-corrected chi connectivity index (χ4v) is 3.50. The SMILES string of the molecule is CC(C)c1cc(C(C)C)c(-c2cccc(C3OCCO3)n2)c(C(C)C)c1. The van der Waals surface area contributed by atoms with Crippen LogP contribution in [0.2, 0.25) is 0 Å². The Labute approximate surface area is 157 Å². The fourth-order valence-electron chi connectivity index (χ4n) is 3.50. The molecule has 140 valence electrons. The van der Waals surface area contributed by atoms with Gasteiger partial charge in [0.15, 0.2) is 0 Å². The van der Waals surface area contributed by atoms with Crippen LogP contribution >= 0.6 is 0 Å². The number of aromatic nitrogens is 1. The van der Waals surface area contributed by atoms with Crippen LogP contribution in [0.1, 0.15) is 88.0 Å². The van der Waals surface area contributed by atoms with Gasteiger partial charge in [-0.2, -0.15) is 0 Å². The highest BCUT2D eigenvalue weighted by atomic mass is 16.7. The molecule has 0 unspecified atom stereocenters. The van der Waals surface area contributed by atoms with Crippen molar-refractivity contribution in [2.24, 2.45) is 0 Å². The smallest absolute Gasteiger partial charge is 0.201 e. The molecule has 1 saturated heterocycles. The molecule has 0 aliphatic carbocycles. The summed E-state index contributed by atoms with van der Waals surface area (Å²) in [6.45, 7) is 14.8. The van der Waals surface area contributed by atoms with E-state index in [4.69, 9.17) is 14.5 Å². The Morgan fingerprint density at radius 2 is 1.42 bits per heavy atom. The van der Waals surface area contributed by atoms with Crippen molar-refractivity contribution < 1.29 is 9.47 Å². The summed E-state index contributed by atoms with van der Waals surface area (Å²) < 4.78 is 11.3. The Kier molecular flexibility index (Phi) is 5.79. The Morgan fingerprint density at radius 3 is 1.92 bits per heavy atom. The third-order valence-electron chi connectivity index (χ3n) is 5.02. The molecular weight excluding hydrogens is 322 g/mol. The van der Waals surface area contributed by atoms with Crippen LogP contribution in [0, 0.1) is 0 Å². The predicted molar refractivity (Wildman–Crippen MR) is 107 cm³/mol. The molecule has 0 amide bonds. The van der Waals surface area contributed by atoms with Crippen molar-refractivity contribution in [3.8, 4) is 11.3 Å². The maximum atomic E-state index is 5.65. The van der Waals surface area contributed by atoms with Gasteiger partial charge in [-0.05, 0) is 46.6 Å². The van der Waals surface area contributed by atoms with Gasteiger partial charge in [-0.1, -0.05) is 59.7 Å². The van der Waals surface area contributed by atoms with E-state index in [9.17, 15) is 0 Å². The van der Waals surface area contributed by atoms with E-state index in [-0.39, 0.29) is 6.29 Å². The van der Waals surface area contributed by atoms with Gasteiger partial charge in [0, 0.05) is 5.56 Å². The number of hydrogen-bond donors (Lipinski definition) is 0. The van der Waals surface area contributed by atoms with E-state index in [0.29, 0.717) is 31.0 Å². The standard InChI is InChI=1S/C23H31NO2/c1-14(2)17-12-18(15(3)4)22(19(13-17)16(5)6)20-8-7-9-21(24-20)23-25-10-11-26-23/h7-9,12-16,23H,10-11H2,1-6H3. The van der Waals surface area contributed by atoms with Crippen LogP contribution in [0.3, 0.4) is 0 Å². The van der Waals surface area contributed by atoms with Crippen LogP contribution < -0.4 is 0 Å². The maximum Gasteiger partial charge on any atom is 0.201 e. The van der Waals surface area contributed by atoms with Crippen LogP contribution in [0.4, 0.5) is 0 Å². The lowest BCUT2D eigenvalue weighted by Crippen LogP contribution is -2.06. The monoisotopic (exact) mass is 353 g/mol. The van der Waals surface area contributed by atoms with Gasteiger partial charge in [0.2, 0.25) is 6.29 Å². The minimum absolute atomic E-state index is 0.338. The van der Waals surface area contributed by atoms with E-state index in [0.717, 1.165) is 11.4 Å². The van der Waals surface area contributed by atoms with Gasteiger partial charge in [-0.3, -0.25) is 0 Å². The highest BCUT2D eigenvalue weighted by molar-refractivity contribution is 5.70. The van der Waals surface area contributed by atoms with Gasteiger partial charge in [0.25, 0.3) is 0 Å². The number of ether oxygens (including phenoxy) is 2. The number of rotatable bonds is 5. The third kappa shape index (κ3) is 3.84. The average molecular weight is 354 g/mol. The summed E-state index contributed by atoms with van der Waals surface area (Å²) in [7, 11) is 0. The molecule has 1 aromatic heterocycles. The van der Waals surface area contributed by atoms with Gasteiger partial charge in [-0.25, -0.2) is 4.98 Å². The summed E-state index contributed by atoms with van der Waals surface area (Å²) >= 11 is 0. The number of pyridine rings is 1. The lowest BCUT2D eigenvalue weighted by molar-refractivity contribution is -0.0472. The lowest BCUT2D eigenvalue weighted by Gasteiger charge is -2.23. The first-order valence-corrected chi connectivity index (χ1v) is 9.76. The zero-order valence-electron chi connectivity index (χ0n) is 16.9. The molecular formula is C23H31NO2. The summed E-state index contributed by atoms with van der Waals surface area (Å²) in [5, 5.41) is 0. The zero-order chi connectivity index (χ0) is 18.8. The maximum absolute atomic E-state index is 5.65. The first-order valence-electron chi connectivity index (χ1n) is 9.76. The molecule has 26 heavy (non-hydrogen) atoms. The molecule has 2 heterocycles. The zero-order valence-corrected chi connectivity index (χ0v) is 16.9. The number of benzene rings is 1. The Balaban J connectivity index is 2.18. The summed E-state index contributed by atoms with van der Waals surface area (Å²) in [4.78, 5) is 4.94. The second kappa shape index (κ2) is 7.89. The predicted octanol–water partition coefficient (Wildman–Crippen LogP) is 6.16. The molecule has 3 nitrogen and oxygen atoms in total. The Bertz CT molecular complexity index is 730. The van der Waals surface area contributed by atoms with Crippen LogP contribution in [0.5, 0.6) is 0 Å². The first-order chi connectivity index (χ1) is 12.4. The summed E-state index contributed by atoms with van der Waals surface area (Å²) in [6, 6.07) is 10.9. The fraction of sp³-hybridized carbons (Fsp3) is 0.522. The van der Waals surface area contributed by atoms with Crippen LogP contribution in [0.15, 0.2) is 30.3 Å². The van der Waals surface area contributed by atoms with Gasteiger partial charge >= 0.3 is 0 Å². The normalized spacial score (nSPS) is 15.6. The van der Waals surface area contributed by atoms with E-state index < -0.39 is 0 Å². The second-order valence-corrected chi connectivity index (χ2v) is 8.06. The van der Waals surface area contributed by atoms with Gasteiger partial charge in [-0.15, -0.1) is 0 Å². The van der Waals surface area contributed by atoms with Gasteiger partial charge < -0.3 is 9.47 Å². The molecule has 0 bridgehead atoms. The molecule has 2 aromatic rings. The van der Waals surface area contributed by atoms with Crippen LogP contribution in [-0.2, 0) is 9.47 Å². The first kappa shape index (κ1) is 19.1. The molecule has 3 rings (SSSR count). The van der Waals surface area contributed by atoms with Crippen molar-refractivity contribution in [1.82, 2.24) is 4.98 Å². The molecule has 1 fully saturated rings. The molecule has 0 spiro atoms. The lowest BCUT2D eigenvalue weighted by atomic mass is 9.83. The van der Waals surface area contributed by atoms with E-state index >= 15 is 0 Å². The molecule has 1 aliphatic rings. The molecule has 0 radical (unpaired) electrons. The molecule has 1 aliphatic heterocycles. The minimum Gasteiger partial charge on any atom is -0.345 e. The molecule has 3 heteroatoms. The number of hydrogen-bond acceptors (Lipinski definition) is 3. The van der Waals surface area contributed by atoms with Crippen molar-refractivity contribution >= 4 is 0 Å². The molecule has 0 N–H and O–H groups in total. The third-order valence-corrected chi connectivity index (χ3v) is 5.02. The van der Waals surface area contributed by atoms with Crippen LogP contribution in [-0.4, -0.2) is 18.2 Å².